The number of hydrogen-bond donors (Lipinski definition) is 1. The molecule has 0 aliphatic carbocycles. The Hall–Kier alpha value is -3.35. The molecule has 3 aliphatic rings. The number of nitrogens with zero attached hydrogens (tertiary/aromatic N) is 2. The van der Waals surface area contributed by atoms with Crippen LogP contribution >= 0.6 is 0 Å². The summed E-state index contributed by atoms with van der Waals surface area (Å²) in [5, 5.41) is 2.83. The topological polar surface area (TPSA) is 79.0 Å². The third-order valence-corrected chi connectivity index (χ3v) is 5.74. The lowest BCUT2D eigenvalue weighted by Crippen LogP contribution is -2.48. The molecule has 0 saturated carbocycles. The van der Waals surface area contributed by atoms with E-state index in [0.717, 1.165) is 22.6 Å². The number of rotatable bonds is 2. The quantitative estimate of drug-likeness (QED) is 0.810. The van der Waals surface area contributed by atoms with Gasteiger partial charge in [-0.1, -0.05) is 36.4 Å². The summed E-state index contributed by atoms with van der Waals surface area (Å²) in [6, 6.07) is 14.4. The lowest BCUT2D eigenvalue weighted by atomic mass is 9.84. The number of amides is 4. The van der Waals surface area contributed by atoms with E-state index in [1.54, 1.807) is 17.0 Å². The van der Waals surface area contributed by atoms with Crippen molar-refractivity contribution in [3.8, 4) is 5.75 Å². The van der Waals surface area contributed by atoms with Gasteiger partial charge >= 0.3 is 6.03 Å². The molecule has 1 fully saturated rings. The molecule has 28 heavy (non-hydrogen) atoms. The van der Waals surface area contributed by atoms with E-state index in [1.165, 1.54) is 0 Å². The van der Waals surface area contributed by atoms with Crippen molar-refractivity contribution in [2.45, 2.75) is 18.4 Å². The van der Waals surface area contributed by atoms with Gasteiger partial charge in [0.05, 0.1) is 6.61 Å². The van der Waals surface area contributed by atoms with Gasteiger partial charge in [0.25, 0.3) is 5.91 Å². The molecule has 7 heteroatoms. The summed E-state index contributed by atoms with van der Waals surface area (Å²) >= 11 is 0. The summed E-state index contributed by atoms with van der Waals surface area (Å²) in [7, 11) is 0. The van der Waals surface area contributed by atoms with Crippen LogP contribution in [0.5, 0.6) is 5.75 Å². The molecule has 0 aromatic heterocycles. The Labute approximate surface area is 161 Å². The highest BCUT2D eigenvalue weighted by Gasteiger charge is 2.55. The van der Waals surface area contributed by atoms with E-state index in [0.29, 0.717) is 30.9 Å². The molecule has 5 rings (SSSR count). The summed E-state index contributed by atoms with van der Waals surface area (Å²) in [5.74, 6) is -0.0658. The molecular weight excluding hydrogens is 358 g/mol. The number of anilines is 1. The van der Waals surface area contributed by atoms with Crippen LogP contribution in [0.15, 0.2) is 48.5 Å². The molecule has 1 N–H and O–H groups in total. The summed E-state index contributed by atoms with van der Waals surface area (Å²) in [6.07, 6.45) is 1.11. The minimum absolute atomic E-state index is 0.258. The monoisotopic (exact) mass is 377 g/mol. The number of para-hydroxylation sites is 2. The molecule has 0 bridgehead atoms. The lowest BCUT2D eigenvalue weighted by molar-refractivity contribution is -0.135. The molecule has 142 valence electrons. The molecular formula is C21H19N3O4. The largest absolute Gasteiger partial charge is 0.493 e. The number of fused-ring (bicyclic) bond motifs is 3. The molecule has 1 atom stereocenters. The van der Waals surface area contributed by atoms with E-state index in [4.69, 9.17) is 4.74 Å². The van der Waals surface area contributed by atoms with Gasteiger partial charge in [0.15, 0.2) is 5.54 Å². The number of nitrogens with one attached hydrogen (secondary N) is 1. The predicted octanol–water partition coefficient (Wildman–Crippen LogP) is 1.81. The van der Waals surface area contributed by atoms with Crippen LogP contribution in [0.2, 0.25) is 0 Å². The number of urea groups is 1. The smallest absolute Gasteiger partial charge is 0.325 e. The molecule has 1 saturated heterocycles. The number of carbonyl (C=O) groups excluding carboxylic acids is 3. The summed E-state index contributed by atoms with van der Waals surface area (Å²) in [6.45, 7) is 0.609. The Morgan fingerprint density at radius 1 is 1.11 bits per heavy atom. The Kier molecular flexibility index (Phi) is 3.65. The number of imide groups is 1. The van der Waals surface area contributed by atoms with Crippen molar-refractivity contribution in [1.29, 1.82) is 0 Å². The van der Waals surface area contributed by atoms with E-state index in [2.05, 4.69) is 5.32 Å². The van der Waals surface area contributed by atoms with Crippen molar-refractivity contribution >= 4 is 23.5 Å². The van der Waals surface area contributed by atoms with Crippen LogP contribution in [0.4, 0.5) is 10.5 Å². The molecule has 2 aromatic rings. The predicted molar refractivity (Wildman–Crippen MR) is 101 cm³/mol. The third kappa shape index (κ3) is 2.32. The zero-order chi connectivity index (χ0) is 19.3. The number of carbonyl (C=O) groups is 3. The van der Waals surface area contributed by atoms with Crippen LogP contribution in [0.1, 0.15) is 17.5 Å². The van der Waals surface area contributed by atoms with Gasteiger partial charge < -0.3 is 15.0 Å². The lowest BCUT2D eigenvalue weighted by Gasteiger charge is -2.33. The van der Waals surface area contributed by atoms with Crippen molar-refractivity contribution < 1.29 is 19.1 Å². The normalized spacial score (nSPS) is 22.7. The maximum absolute atomic E-state index is 13.3. The Bertz CT molecular complexity index is 1000. The molecule has 1 spiro atoms. The van der Waals surface area contributed by atoms with Gasteiger partial charge in [0.2, 0.25) is 5.91 Å². The zero-order valence-electron chi connectivity index (χ0n) is 15.2. The Morgan fingerprint density at radius 3 is 2.79 bits per heavy atom. The van der Waals surface area contributed by atoms with E-state index >= 15 is 0 Å². The molecule has 4 amide bonds. The van der Waals surface area contributed by atoms with Gasteiger partial charge in [-0.2, -0.15) is 0 Å². The van der Waals surface area contributed by atoms with Crippen LogP contribution in [-0.4, -0.2) is 42.4 Å². The maximum Gasteiger partial charge on any atom is 0.325 e. The SMILES string of the molecule is O=C1N[C@]2(CCOc3ccccc32)C(=O)N1CC(=O)N1CCc2ccccc21. The Balaban J connectivity index is 1.42. The van der Waals surface area contributed by atoms with Gasteiger partial charge in [0.1, 0.15) is 12.3 Å². The fraction of sp³-hybridized carbons (Fsp3) is 0.286. The van der Waals surface area contributed by atoms with E-state index in [1.807, 2.05) is 36.4 Å². The minimum Gasteiger partial charge on any atom is -0.493 e. The van der Waals surface area contributed by atoms with Crippen LogP contribution < -0.4 is 15.0 Å². The highest BCUT2D eigenvalue weighted by atomic mass is 16.5. The molecule has 3 heterocycles. The van der Waals surface area contributed by atoms with Crippen molar-refractivity contribution in [3.63, 3.8) is 0 Å². The van der Waals surface area contributed by atoms with E-state index in [-0.39, 0.29) is 12.5 Å². The van der Waals surface area contributed by atoms with Crippen molar-refractivity contribution in [3.05, 3.63) is 59.7 Å². The number of benzene rings is 2. The van der Waals surface area contributed by atoms with Gasteiger partial charge in [0, 0.05) is 24.2 Å². The van der Waals surface area contributed by atoms with Crippen molar-refractivity contribution in [2.24, 2.45) is 0 Å². The third-order valence-electron chi connectivity index (χ3n) is 5.74. The minimum atomic E-state index is -1.16. The second-order valence-corrected chi connectivity index (χ2v) is 7.25. The number of hydrogen-bond acceptors (Lipinski definition) is 4. The van der Waals surface area contributed by atoms with Crippen LogP contribution in [0, 0.1) is 0 Å². The van der Waals surface area contributed by atoms with Gasteiger partial charge in [-0.05, 0) is 24.1 Å². The Morgan fingerprint density at radius 2 is 1.89 bits per heavy atom. The molecule has 2 aromatic carbocycles. The van der Waals surface area contributed by atoms with Gasteiger partial charge in [-0.3, -0.25) is 14.5 Å². The molecule has 0 unspecified atom stereocenters. The second kappa shape index (κ2) is 6.09. The van der Waals surface area contributed by atoms with E-state index < -0.39 is 17.5 Å². The number of ether oxygens (including phenoxy) is 1. The van der Waals surface area contributed by atoms with Crippen molar-refractivity contribution in [2.75, 3.05) is 24.6 Å². The summed E-state index contributed by atoms with van der Waals surface area (Å²) in [4.78, 5) is 41.5. The highest BCUT2D eigenvalue weighted by Crippen LogP contribution is 2.41. The molecule has 0 radical (unpaired) electrons. The first-order valence-electron chi connectivity index (χ1n) is 9.35. The standard InChI is InChI=1S/C21H19N3O4/c25-18(23-11-9-14-5-1-3-7-16(14)23)13-24-19(26)21(22-20(24)27)10-12-28-17-8-4-2-6-15(17)21/h1-8H,9-13H2,(H,22,27)/t21-/m0/s1. The fourth-order valence-corrected chi connectivity index (χ4v) is 4.33. The first kappa shape index (κ1) is 16.8. The summed E-state index contributed by atoms with van der Waals surface area (Å²) < 4.78 is 5.63. The maximum atomic E-state index is 13.3. The fourth-order valence-electron chi connectivity index (χ4n) is 4.33. The first-order valence-corrected chi connectivity index (χ1v) is 9.35. The van der Waals surface area contributed by atoms with Crippen LogP contribution in [0.3, 0.4) is 0 Å². The average Bonchev–Trinajstić information content (AvgIpc) is 3.24. The molecule has 7 nitrogen and oxygen atoms in total. The second-order valence-electron chi connectivity index (χ2n) is 7.25. The average molecular weight is 377 g/mol. The van der Waals surface area contributed by atoms with Gasteiger partial charge in [-0.25, -0.2) is 4.79 Å². The summed E-state index contributed by atoms with van der Waals surface area (Å²) in [5.41, 5.74) is 1.43. The molecule has 3 aliphatic heterocycles. The highest BCUT2D eigenvalue weighted by molar-refractivity contribution is 6.11. The zero-order valence-corrected chi connectivity index (χ0v) is 15.2. The van der Waals surface area contributed by atoms with Crippen LogP contribution in [-0.2, 0) is 21.5 Å². The van der Waals surface area contributed by atoms with E-state index in [9.17, 15) is 14.4 Å². The van der Waals surface area contributed by atoms with Crippen LogP contribution in [0.25, 0.3) is 0 Å². The first-order chi connectivity index (χ1) is 13.6. The van der Waals surface area contributed by atoms with Gasteiger partial charge in [-0.15, -0.1) is 0 Å². The van der Waals surface area contributed by atoms with Crippen molar-refractivity contribution in [1.82, 2.24) is 10.2 Å².